The Hall–Kier alpha value is -0.120. The molecule has 2 N–H and O–H groups in total. The zero-order valence-electron chi connectivity index (χ0n) is 12.5. The van der Waals surface area contributed by atoms with Crippen LogP contribution < -0.4 is 5.73 Å². The number of nitrogens with zero attached hydrogens (tertiary/aromatic N) is 2. The zero-order valence-corrected chi connectivity index (χ0v) is 12.5. The van der Waals surface area contributed by atoms with Crippen LogP contribution in [0.1, 0.15) is 52.9 Å². The third kappa shape index (κ3) is 2.59. The summed E-state index contributed by atoms with van der Waals surface area (Å²) in [6, 6.07) is 1.47. The van der Waals surface area contributed by atoms with E-state index in [2.05, 4.69) is 30.6 Å². The number of piperidine rings is 1. The Balaban J connectivity index is 2.04. The van der Waals surface area contributed by atoms with E-state index < -0.39 is 0 Å². The Labute approximate surface area is 113 Å². The number of likely N-dealkylation sites (tertiary alicyclic amines) is 2. The smallest absolute Gasteiger partial charge is 0.0358 e. The molecular weight excluding hydrogens is 222 g/mol. The standard InChI is InChI=1S/C15H31N3/c1-4-14-6-5-9-18(14)15(12-16)7-10-17(11-8-15)13(2)3/h13-14H,4-12,16H2,1-3H3. The number of hydrogen-bond donors (Lipinski definition) is 1. The molecule has 3 nitrogen and oxygen atoms in total. The fraction of sp³-hybridized carbons (Fsp3) is 1.00. The van der Waals surface area contributed by atoms with E-state index >= 15 is 0 Å². The zero-order chi connectivity index (χ0) is 13.2. The minimum Gasteiger partial charge on any atom is -0.329 e. The summed E-state index contributed by atoms with van der Waals surface area (Å²) < 4.78 is 0. The Kier molecular flexibility index (Phi) is 4.68. The van der Waals surface area contributed by atoms with Crippen molar-refractivity contribution in [1.29, 1.82) is 0 Å². The monoisotopic (exact) mass is 253 g/mol. The van der Waals surface area contributed by atoms with Gasteiger partial charge in [0.25, 0.3) is 0 Å². The summed E-state index contributed by atoms with van der Waals surface area (Å²) >= 11 is 0. The second-order valence-electron chi connectivity index (χ2n) is 6.46. The van der Waals surface area contributed by atoms with E-state index in [0.717, 1.165) is 12.6 Å². The molecule has 106 valence electrons. The number of nitrogens with two attached hydrogens (primary N) is 1. The Bertz CT molecular complexity index is 256. The molecule has 0 aromatic rings. The summed E-state index contributed by atoms with van der Waals surface area (Å²) in [7, 11) is 0. The maximum atomic E-state index is 6.20. The van der Waals surface area contributed by atoms with Gasteiger partial charge in [-0.2, -0.15) is 0 Å². The Morgan fingerprint density at radius 2 is 1.89 bits per heavy atom. The molecule has 0 aromatic carbocycles. The third-order valence-corrected chi connectivity index (χ3v) is 5.30. The van der Waals surface area contributed by atoms with Crippen LogP contribution in [0.4, 0.5) is 0 Å². The van der Waals surface area contributed by atoms with Crippen LogP contribution in [0, 0.1) is 0 Å². The minimum absolute atomic E-state index is 0.308. The van der Waals surface area contributed by atoms with Gasteiger partial charge in [0, 0.05) is 37.3 Å². The van der Waals surface area contributed by atoms with Gasteiger partial charge in [0.05, 0.1) is 0 Å². The van der Waals surface area contributed by atoms with Crippen LogP contribution in [0.25, 0.3) is 0 Å². The number of hydrogen-bond acceptors (Lipinski definition) is 3. The first-order chi connectivity index (χ1) is 8.63. The molecule has 0 saturated carbocycles. The highest BCUT2D eigenvalue weighted by Gasteiger charge is 2.43. The second-order valence-corrected chi connectivity index (χ2v) is 6.46. The van der Waals surface area contributed by atoms with Crippen molar-refractivity contribution in [2.45, 2.75) is 70.5 Å². The van der Waals surface area contributed by atoms with Gasteiger partial charge in [0.1, 0.15) is 0 Å². The molecular formula is C15H31N3. The van der Waals surface area contributed by atoms with Gasteiger partial charge in [0.15, 0.2) is 0 Å². The van der Waals surface area contributed by atoms with Crippen molar-refractivity contribution in [3.63, 3.8) is 0 Å². The summed E-state index contributed by atoms with van der Waals surface area (Å²) in [6.45, 7) is 11.5. The van der Waals surface area contributed by atoms with Gasteiger partial charge in [0.2, 0.25) is 0 Å². The largest absolute Gasteiger partial charge is 0.329 e. The molecule has 2 fully saturated rings. The molecule has 18 heavy (non-hydrogen) atoms. The number of rotatable bonds is 4. The van der Waals surface area contributed by atoms with Crippen LogP contribution in [-0.2, 0) is 0 Å². The van der Waals surface area contributed by atoms with Gasteiger partial charge >= 0.3 is 0 Å². The molecule has 2 saturated heterocycles. The predicted molar refractivity (Wildman–Crippen MR) is 77.7 cm³/mol. The fourth-order valence-electron chi connectivity index (χ4n) is 3.95. The fourth-order valence-corrected chi connectivity index (χ4v) is 3.95. The Morgan fingerprint density at radius 1 is 1.22 bits per heavy atom. The molecule has 2 rings (SSSR count). The quantitative estimate of drug-likeness (QED) is 0.832. The molecule has 0 spiro atoms. The highest BCUT2D eigenvalue weighted by Crippen LogP contribution is 2.35. The van der Waals surface area contributed by atoms with E-state index in [1.807, 2.05) is 0 Å². The van der Waals surface area contributed by atoms with Gasteiger partial charge < -0.3 is 10.6 Å². The van der Waals surface area contributed by atoms with E-state index in [1.165, 1.54) is 51.7 Å². The summed E-state index contributed by atoms with van der Waals surface area (Å²) in [5, 5.41) is 0. The lowest BCUT2D eigenvalue weighted by Crippen LogP contribution is -2.61. The van der Waals surface area contributed by atoms with E-state index in [-0.39, 0.29) is 0 Å². The summed E-state index contributed by atoms with van der Waals surface area (Å²) in [6.07, 6.45) is 6.56. The minimum atomic E-state index is 0.308. The second kappa shape index (κ2) is 5.89. The lowest BCUT2D eigenvalue weighted by molar-refractivity contribution is 0.00886. The molecule has 0 bridgehead atoms. The summed E-state index contributed by atoms with van der Waals surface area (Å²) in [4.78, 5) is 5.37. The molecule has 1 atom stereocenters. The van der Waals surface area contributed by atoms with Gasteiger partial charge in [-0.3, -0.25) is 4.90 Å². The van der Waals surface area contributed by atoms with Crippen molar-refractivity contribution in [3.8, 4) is 0 Å². The van der Waals surface area contributed by atoms with Crippen LogP contribution in [0.15, 0.2) is 0 Å². The SMILES string of the molecule is CCC1CCCN1C1(CN)CCN(C(C)C)CC1. The predicted octanol–water partition coefficient (Wildman–Crippen LogP) is 2.06. The molecule has 2 aliphatic heterocycles. The van der Waals surface area contributed by atoms with Gasteiger partial charge in [-0.25, -0.2) is 0 Å². The van der Waals surface area contributed by atoms with E-state index in [4.69, 9.17) is 5.73 Å². The van der Waals surface area contributed by atoms with Crippen molar-refractivity contribution in [2.24, 2.45) is 5.73 Å². The summed E-state index contributed by atoms with van der Waals surface area (Å²) in [5.41, 5.74) is 6.50. The lowest BCUT2D eigenvalue weighted by Gasteiger charge is -2.50. The molecule has 2 heterocycles. The highest BCUT2D eigenvalue weighted by atomic mass is 15.3. The maximum Gasteiger partial charge on any atom is 0.0358 e. The summed E-state index contributed by atoms with van der Waals surface area (Å²) in [5.74, 6) is 0. The van der Waals surface area contributed by atoms with Gasteiger partial charge in [-0.1, -0.05) is 6.92 Å². The van der Waals surface area contributed by atoms with Gasteiger partial charge in [-0.15, -0.1) is 0 Å². The van der Waals surface area contributed by atoms with Crippen LogP contribution in [0.3, 0.4) is 0 Å². The van der Waals surface area contributed by atoms with Crippen LogP contribution >= 0.6 is 0 Å². The topological polar surface area (TPSA) is 32.5 Å². The molecule has 0 aliphatic carbocycles. The van der Waals surface area contributed by atoms with Crippen molar-refractivity contribution in [1.82, 2.24) is 9.80 Å². The first-order valence-electron chi connectivity index (χ1n) is 7.84. The van der Waals surface area contributed by atoms with Crippen molar-refractivity contribution < 1.29 is 0 Å². The van der Waals surface area contributed by atoms with Crippen molar-refractivity contribution in [2.75, 3.05) is 26.2 Å². The maximum absolute atomic E-state index is 6.20. The van der Waals surface area contributed by atoms with Crippen molar-refractivity contribution >= 4 is 0 Å². The molecule has 0 aromatic heterocycles. The van der Waals surface area contributed by atoms with E-state index in [0.29, 0.717) is 11.6 Å². The van der Waals surface area contributed by atoms with Crippen LogP contribution in [0.5, 0.6) is 0 Å². The first kappa shape index (κ1) is 14.3. The highest BCUT2D eigenvalue weighted by molar-refractivity contribution is 5.00. The third-order valence-electron chi connectivity index (χ3n) is 5.30. The van der Waals surface area contributed by atoms with Crippen LogP contribution in [0.2, 0.25) is 0 Å². The molecule has 1 unspecified atom stereocenters. The molecule has 2 aliphatic rings. The molecule has 0 radical (unpaired) electrons. The molecule has 3 heteroatoms. The average molecular weight is 253 g/mol. The van der Waals surface area contributed by atoms with Crippen LogP contribution in [-0.4, -0.2) is 53.6 Å². The van der Waals surface area contributed by atoms with Crippen molar-refractivity contribution in [3.05, 3.63) is 0 Å². The van der Waals surface area contributed by atoms with Gasteiger partial charge in [-0.05, 0) is 52.5 Å². The molecule has 0 amide bonds. The lowest BCUT2D eigenvalue weighted by atomic mass is 9.84. The Morgan fingerprint density at radius 3 is 2.39 bits per heavy atom. The van der Waals surface area contributed by atoms with E-state index in [9.17, 15) is 0 Å². The average Bonchev–Trinajstić information content (AvgIpc) is 2.87. The normalized spacial score (nSPS) is 30.2. The first-order valence-corrected chi connectivity index (χ1v) is 7.84. The van der Waals surface area contributed by atoms with E-state index in [1.54, 1.807) is 0 Å².